The second-order valence-corrected chi connectivity index (χ2v) is 5.95. The largest absolute Gasteiger partial charge is 0.479 e. The molecule has 0 radical (unpaired) electrons. The Morgan fingerprint density at radius 3 is 2.67 bits per heavy atom. The van der Waals surface area contributed by atoms with Gasteiger partial charge >= 0.3 is 11.4 Å². The number of ketones is 1. The third kappa shape index (κ3) is 4.55. The molecule has 0 aliphatic rings. The first-order valence-corrected chi connectivity index (χ1v) is 8.30. The van der Waals surface area contributed by atoms with Crippen molar-refractivity contribution in [1.29, 1.82) is 0 Å². The molecule has 0 N–H and O–H groups in total. The van der Waals surface area contributed by atoms with E-state index in [2.05, 4.69) is 5.10 Å². The number of hydrogen-bond acceptors (Lipinski definition) is 8. The first-order valence-electron chi connectivity index (χ1n) is 8.30. The number of aryl methyl sites for hydroxylation is 1. The molecule has 3 rings (SSSR count). The molecule has 0 unspecified atom stereocenters. The number of carbonyl (C=O) groups excluding carboxylic acids is 1. The Morgan fingerprint density at radius 1 is 1.23 bits per heavy atom. The molecule has 0 saturated heterocycles. The van der Waals surface area contributed by atoms with Crippen molar-refractivity contribution < 1.29 is 28.2 Å². The standard InChI is InChI=1S/C18H13FN4O7/c1-21-9-15(23(27)28)18(20-21)16(24)7-5-12-3-4-13(30-12)10-29-17-8-11(19)2-6-14(17)22(25)26/h2-9H,10H2,1H3/b7-5+. The van der Waals surface area contributed by atoms with Crippen molar-refractivity contribution in [3.05, 3.63) is 85.9 Å². The number of furan rings is 1. The number of hydrogen-bond donors (Lipinski definition) is 0. The van der Waals surface area contributed by atoms with Crippen molar-refractivity contribution in [2.45, 2.75) is 6.61 Å². The van der Waals surface area contributed by atoms with Crippen LogP contribution in [0, 0.1) is 26.0 Å². The molecular weight excluding hydrogens is 403 g/mol. The second kappa shape index (κ2) is 8.34. The molecule has 12 heteroatoms. The molecule has 0 aliphatic heterocycles. The van der Waals surface area contributed by atoms with Gasteiger partial charge in [0.05, 0.1) is 9.85 Å². The molecule has 1 aromatic carbocycles. The summed E-state index contributed by atoms with van der Waals surface area (Å²) < 4.78 is 25.2. The Balaban J connectivity index is 1.69. The lowest BCUT2D eigenvalue weighted by molar-refractivity contribution is -0.386. The Morgan fingerprint density at radius 2 is 1.97 bits per heavy atom. The van der Waals surface area contributed by atoms with Gasteiger partial charge in [0.2, 0.25) is 11.5 Å². The summed E-state index contributed by atoms with van der Waals surface area (Å²) in [5.74, 6) is -1.16. The predicted octanol–water partition coefficient (Wildman–Crippen LogP) is 3.44. The Kier molecular flexibility index (Phi) is 5.67. The van der Waals surface area contributed by atoms with Gasteiger partial charge in [-0.1, -0.05) is 0 Å². The van der Waals surface area contributed by atoms with Crippen molar-refractivity contribution in [1.82, 2.24) is 9.78 Å². The number of allylic oxidation sites excluding steroid dienone is 1. The van der Waals surface area contributed by atoms with Crippen LogP contribution in [-0.4, -0.2) is 25.4 Å². The molecule has 3 aromatic rings. The van der Waals surface area contributed by atoms with Crippen LogP contribution in [-0.2, 0) is 13.7 Å². The van der Waals surface area contributed by atoms with Crippen LogP contribution in [0.3, 0.4) is 0 Å². The summed E-state index contributed by atoms with van der Waals surface area (Å²) in [6.07, 6.45) is 3.47. The Labute approximate surface area is 167 Å². The van der Waals surface area contributed by atoms with Crippen LogP contribution < -0.4 is 4.74 Å². The van der Waals surface area contributed by atoms with Crippen LogP contribution in [0.2, 0.25) is 0 Å². The van der Waals surface area contributed by atoms with Gasteiger partial charge in [0.25, 0.3) is 0 Å². The number of benzene rings is 1. The monoisotopic (exact) mass is 416 g/mol. The summed E-state index contributed by atoms with van der Waals surface area (Å²) in [5.41, 5.74) is -1.13. The predicted molar refractivity (Wildman–Crippen MR) is 99.3 cm³/mol. The fraction of sp³-hybridized carbons (Fsp3) is 0.111. The third-order valence-electron chi connectivity index (χ3n) is 3.81. The van der Waals surface area contributed by atoms with Crippen LogP contribution in [0.15, 0.2) is 47.0 Å². The van der Waals surface area contributed by atoms with E-state index in [0.717, 1.165) is 35.2 Å². The normalized spacial score (nSPS) is 11.0. The minimum absolute atomic E-state index is 0.224. The lowest BCUT2D eigenvalue weighted by Crippen LogP contribution is -2.01. The van der Waals surface area contributed by atoms with E-state index in [0.29, 0.717) is 0 Å². The molecule has 0 fully saturated rings. The molecule has 0 atom stereocenters. The number of ether oxygens (including phenoxy) is 1. The number of nitrogens with zero attached hydrogens (tertiary/aromatic N) is 4. The van der Waals surface area contributed by atoms with Gasteiger partial charge < -0.3 is 9.15 Å². The minimum atomic E-state index is -0.706. The number of aromatic nitrogens is 2. The van der Waals surface area contributed by atoms with E-state index >= 15 is 0 Å². The summed E-state index contributed by atoms with van der Waals surface area (Å²) >= 11 is 0. The lowest BCUT2D eigenvalue weighted by atomic mass is 10.2. The maximum Gasteiger partial charge on any atom is 0.318 e. The average Bonchev–Trinajstić information content (AvgIpc) is 3.30. The summed E-state index contributed by atoms with van der Waals surface area (Å²) in [7, 11) is 1.45. The zero-order valence-corrected chi connectivity index (χ0v) is 15.4. The third-order valence-corrected chi connectivity index (χ3v) is 3.81. The topological polar surface area (TPSA) is 144 Å². The first kappa shape index (κ1) is 20.4. The molecule has 11 nitrogen and oxygen atoms in total. The SMILES string of the molecule is Cn1cc([N+](=O)[O-])c(C(=O)/C=C/c2ccc(COc3cc(F)ccc3[N+](=O)[O-])o2)n1. The van der Waals surface area contributed by atoms with Gasteiger partial charge in [-0.25, -0.2) is 4.39 Å². The quantitative estimate of drug-likeness (QED) is 0.235. The molecule has 2 heterocycles. The van der Waals surface area contributed by atoms with E-state index in [1.54, 1.807) is 0 Å². The van der Waals surface area contributed by atoms with Gasteiger partial charge in [-0.3, -0.25) is 29.7 Å². The Hall–Kier alpha value is -4.35. The molecule has 30 heavy (non-hydrogen) atoms. The van der Waals surface area contributed by atoms with E-state index < -0.39 is 32.8 Å². The molecule has 0 bridgehead atoms. The maximum absolute atomic E-state index is 13.3. The summed E-state index contributed by atoms with van der Waals surface area (Å²) in [6.45, 7) is -0.224. The van der Waals surface area contributed by atoms with E-state index in [4.69, 9.17) is 9.15 Å². The van der Waals surface area contributed by atoms with Crippen molar-refractivity contribution in [3.8, 4) is 5.75 Å². The molecule has 154 valence electrons. The summed E-state index contributed by atoms with van der Waals surface area (Å²) in [5, 5.41) is 25.7. The van der Waals surface area contributed by atoms with E-state index in [9.17, 15) is 29.4 Å². The van der Waals surface area contributed by atoms with Crippen molar-refractivity contribution in [2.75, 3.05) is 0 Å². The minimum Gasteiger partial charge on any atom is -0.479 e. The first-order chi connectivity index (χ1) is 14.2. The van der Waals surface area contributed by atoms with Crippen LogP contribution in [0.5, 0.6) is 5.75 Å². The molecule has 2 aromatic heterocycles. The molecule has 0 amide bonds. The van der Waals surface area contributed by atoms with Crippen LogP contribution >= 0.6 is 0 Å². The highest BCUT2D eigenvalue weighted by atomic mass is 19.1. The Bertz CT molecular complexity index is 1170. The van der Waals surface area contributed by atoms with Gasteiger partial charge in [0.1, 0.15) is 30.1 Å². The molecule has 0 aliphatic carbocycles. The molecular formula is C18H13FN4O7. The van der Waals surface area contributed by atoms with Crippen molar-refractivity contribution in [2.24, 2.45) is 7.05 Å². The average molecular weight is 416 g/mol. The lowest BCUT2D eigenvalue weighted by Gasteiger charge is -2.05. The highest BCUT2D eigenvalue weighted by molar-refractivity contribution is 6.07. The van der Waals surface area contributed by atoms with E-state index in [1.807, 2.05) is 0 Å². The van der Waals surface area contributed by atoms with Gasteiger partial charge in [-0.05, 0) is 30.4 Å². The number of nitro groups is 2. The summed E-state index contributed by atoms with van der Waals surface area (Å²) in [4.78, 5) is 32.7. The number of rotatable bonds is 8. The van der Waals surface area contributed by atoms with Crippen LogP contribution in [0.25, 0.3) is 6.08 Å². The van der Waals surface area contributed by atoms with Gasteiger partial charge in [0, 0.05) is 19.2 Å². The van der Waals surface area contributed by atoms with E-state index in [1.165, 1.54) is 25.3 Å². The smallest absolute Gasteiger partial charge is 0.318 e. The molecule has 0 saturated carbocycles. The zero-order valence-electron chi connectivity index (χ0n) is 15.4. The van der Waals surface area contributed by atoms with Crippen LogP contribution in [0.4, 0.5) is 15.8 Å². The van der Waals surface area contributed by atoms with Gasteiger partial charge in [-0.2, -0.15) is 5.10 Å². The highest BCUT2D eigenvalue weighted by Gasteiger charge is 2.23. The highest BCUT2D eigenvalue weighted by Crippen LogP contribution is 2.28. The zero-order chi connectivity index (χ0) is 21.8. The van der Waals surface area contributed by atoms with Gasteiger partial charge in [0.15, 0.2) is 5.75 Å². The fourth-order valence-corrected chi connectivity index (χ4v) is 2.49. The number of carbonyl (C=O) groups is 1. The van der Waals surface area contributed by atoms with Crippen LogP contribution in [0.1, 0.15) is 22.0 Å². The van der Waals surface area contributed by atoms with Crippen molar-refractivity contribution in [3.63, 3.8) is 0 Å². The number of nitro benzene ring substituents is 1. The van der Waals surface area contributed by atoms with Crippen molar-refractivity contribution >= 4 is 23.2 Å². The number of halogens is 1. The fourth-order valence-electron chi connectivity index (χ4n) is 2.49. The molecule has 0 spiro atoms. The van der Waals surface area contributed by atoms with E-state index in [-0.39, 0.29) is 29.6 Å². The second-order valence-electron chi connectivity index (χ2n) is 5.95. The van der Waals surface area contributed by atoms with Gasteiger partial charge in [-0.15, -0.1) is 0 Å². The maximum atomic E-state index is 13.3. The summed E-state index contributed by atoms with van der Waals surface area (Å²) in [6, 6.07) is 5.82.